The van der Waals surface area contributed by atoms with E-state index in [9.17, 15) is 39.0 Å². The first kappa shape index (κ1) is 53.3. The number of carbonyl (C=O) groups is 1. The highest BCUT2D eigenvalue weighted by Gasteiger charge is 2.48. The summed E-state index contributed by atoms with van der Waals surface area (Å²) in [7, 11) is -12.5. The van der Waals surface area contributed by atoms with Crippen LogP contribution in [0.4, 0.5) is 24.5 Å². The van der Waals surface area contributed by atoms with E-state index in [1.807, 2.05) is 109 Å². The number of sulfonamides is 1. The van der Waals surface area contributed by atoms with E-state index in [1.165, 1.54) is 17.8 Å². The van der Waals surface area contributed by atoms with Crippen LogP contribution in [-0.4, -0.2) is 99.8 Å². The molecule has 0 unspecified atom stereocenters. The van der Waals surface area contributed by atoms with Gasteiger partial charge in [0, 0.05) is 66.2 Å². The minimum Gasteiger partial charge on any atom is -0.380 e. The molecule has 5 aromatic carbocycles. The van der Waals surface area contributed by atoms with Gasteiger partial charge in [-0.05, 0) is 117 Å². The Morgan fingerprint density at radius 3 is 2.16 bits per heavy atom. The van der Waals surface area contributed by atoms with Crippen LogP contribution in [-0.2, 0) is 35.6 Å². The molecule has 2 saturated heterocycles. The van der Waals surface area contributed by atoms with Gasteiger partial charge in [0.05, 0.1) is 45.1 Å². The van der Waals surface area contributed by atoms with E-state index in [0.29, 0.717) is 87.7 Å². The second kappa shape index (κ2) is 22.9. The maximum atomic E-state index is 14.4. The largest absolute Gasteiger partial charge is 0.501 e. The van der Waals surface area contributed by atoms with E-state index in [2.05, 4.69) is 14.9 Å². The quantitative estimate of drug-likeness (QED) is 0.0719. The van der Waals surface area contributed by atoms with Gasteiger partial charge in [-0.1, -0.05) is 78.3 Å². The fraction of sp³-hybridized carbons (Fsp3) is 0.380. The Hall–Kier alpha value is -4.47. The van der Waals surface area contributed by atoms with Crippen LogP contribution in [0, 0.1) is 5.92 Å². The van der Waals surface area contributed by atoms with Crippen LogP contribution in [0.25, 0.3) is 11.1 Å². The number of morpholine rings is 1. The third-order valence-electron chi connectivity index (χ3n) is 12.3. The lowest BCUT2D eigenvalue weighted by Crippen LogP contribution is -2.43. The van der Waals surface area contributed by atoms with Crippen LogP contribution in [0.1, 0.15) is 62.0 Å². The van der Waals surface area contributed by atoms with Crippen molar-refractivity contribution in [2.45, 2.75) is 77.1 Å². The standard InChI is InChI=1S/C50H57ClF3N5O7S4/c1-49(2,3)68(61)56-47(42-14-8-7-13-41(42)35-17-19-37(51)20-18-35)36-23-27-59(28-24-36)45-16-10-9-15-43(45)48(60)57-70(64,65)40-21-22-44(46(33-40)69(62,63)50(52,53)54)55-38(25-26-58-29-31-66-32-30-58)34-67-39-11-5-4-6-12-39/h4-22,33,36,38,47,55-56H,23-32,34H2,1-3H3,(H,57,60)/t38-,47-,68+/m1/s1. The normalized spacial score (nSPS) is 16.9. The number of hydrogen-bond donors (Lipinski definition) is 3. The number of carbonyl (C=O) groups excluding carboxylic acids is 1. The summed E-state index contributed by atoms with van der Waals surface area (Å²) in [6.45, 7) is 9.52. The van der Waals surface area contributed by atoms with Gasteiger partial charge >= 0.3 is 5.51 Å². The molecule has 2 fully saturated rings. The highest BCUT2D eigenvalue weighted by molar-refractivity contribution is 7.99. The van der Waals surface area contributed by atoms with E-state index >= 15 is 0 Å². The zero-order valence-corrected chi connectivity index (χ0v) is 43.0. The van der Waals surface area contributed by atoms with Gasteiger partial charge in [0.2, 0.25) is 0 Å². The first-order valence-corrected chi connectivity index (χ1v) is 28.3. The summed E-state index contributed by atoms with van der Waals surface area (Å²) >= 11 is 7.66. The number of piperidine rings is 1. The molecular weight excluding hydrogens is 1000 g/mol. The lowest BCUT2D eigenvalue weighted by molar-refractivity contribution is -0.0435. The topological polar surface area (TPSA) is 154 Å². The first-order valence-electron chi connectivity index (χ1n) is 22.9. The van der Waals surface area contributed by atoms with Gasteiger partial charge in [-0.2, -0.15) is 13.2 Å². The molecule has 12 nitrogen and oxygen atoms in total. The van der Waals surface area contributed by atoms with E-state index < -0.39 is 68.5 Å². The average molecular weight is 1060 g/mol. The van der Waals surface area contributed by atoms with E-state index in [4.69, 9.17) is 16.3 Å². The summed E-state index contributed by atoms with van der Waals surface area (Å²) in [4.78, 5) is 16.9. The van der Waals surface area contributed by atoms with Crippen molar-refractivity contribution in [3.05, 3.63) is 137 Å². The third kappa shape index (κ3) is 13.3. The molecule has 7 rings (SSSR count). The molecular formula is C50H57ClF3N5O7S4. The fourth-order valence-corrected chi connectivity index (χ4v) is 12.5. The van der Waals surface area contributed by atoms with Gasteiger partial charge in [0.1, 0.15) is 4.90 Å². The monoisotopic (exact) mass is 1060 g/mol. The van der Waals surface area contributed by atoms with Crippen LogP contribution < -0.4 is 19.7 Å². The Balaban J connectivity index is 1.11. The van der Waals surface area contributed by atoms with Gasteiger partial charge in [-0.25, -0.2) is 30.5 Å². The summed E-state index contributed by atoms with van der Waals surface area (Å²) in [5.41, 5.74) is -2.91. The molecule has 5 aromatic rings. The van der Waals surface area contributed by atoms with Crippen molar-refractivity contribution in [1.29, 1.82) is 0 Å². The molecule has 70 heavy (non-hydrogen) atoms. The average Bonchev–Trinajstić information content (AvgIpc) is 3.34. The number of thioether (sulfide) groups is 1. The lowest BCUT2D eigenvalue weighted by Gasteiger charge is -2.39. The lowest BCUT2D eigenvalue weighted by atomic mass is 9.83. The third-order valence-corrected chi connectivity index (χ3v) is 18.1. The summed E-state index contributed by atoms with van der Waals surface area (Å²) in [5, 5.41) is 3.60. The number of anilines is 2. The number of halogens is 4. The second-order valence-electron chi connectivity index (χ2n) is 18.2. The maximum Gasteiger partial charge on any atom is 0.501 e. The molecule has 2 heterocycles. The molecule has 0 saturated carbocycles. The Morgan fingerprint density at radius 1 is 0.843 bits per heavy atom. The SMILES string of the molecule is CC(C)(C)[S@](=O)N[C@@H](c1ccccc1-c1ccc(Cl)cc1)C1CCN(c2ccccc2C(=O)NS(=O)(=O)c2ccc(N[C@H](CCN3CCOCC3)CSc3ccccc3)c(S(=O)(=O)C(F)(F)F)c2)CC1. The summed E-state index contributed by atoms with van der Waals surface area (Å²) in [5.74, 6) is -0.723. The highest BCUT2D eigenvalue weighted by atomic mass is 35.5. The van der Waals surface area contributed by atoms with Crippen molar-refractivity contribution < 1.29 is 43.7 Å². The van der Waals surface area contributed by atoms with Gasteiger partial charge in [-0.3, -0.25) is 9.69 Å². The van der Waals surface area contributed by atoms with Crippen LogP contribution in [0.2, 0.25) is 5.02 Å². The number of rotatable bonds is 18. The molecule has 3 N–H and O–H groups in total. The number of nitrogens with one attached hydrogen (secondary N) is 3. The number of ether oxygens (including phenoxy) is 1. The Bertz CT molecular complexity index is 2840. The molecule has 0 aliphatic carbocycles. The molecule has 0 radical (unpaired) electrons. The molecule has 0 bridgehead atoms. The summed E-state index contributed by atoms with van der Waals surface area (Å²) in [6.07, 6.45) is 1.61. The van der Waals surface area contributed by atoms with Crippen molar-refractivity contribution in [3.63, 3.8) is 0 Å². The van der Waals surface area contributed by atoms with E-state index in [-0.39, 0.29) is 17.5 Å². The number of para-hydroxylation sites is 1. The second-order valence-corrected chi connectivity index (χ2v) is 25.3. The maximum absolute atomic E-state index is 14.4. The van der Waals surface area contributed by atoms with Gasteiger partial charge < -0.3 is 15.0 Å². The molecule has 0 spiro atoms. The Labute approximate surface area is 420 Å². The highest BCUT2D eigenvalue weighted by Crippen LogP contribution is 2.40. The molecule has 376 valence electrons. The number of nitrogens with zero attached hydrogens (tertiary/aromatic N) is 2. The predicted molar refractivity (Wildman–Crippen MR) is 273 cm³/mol. The smallest absolute Gasteiger partial charge is 0.380 e. The van der Waals surface area contributed by atoms with Gasteiger partial charge in [-0.15, -0.1) is 11.8 Å². The fourth-order valence-electron chi connectivity index (χ4n) is 8.45. The molecule has 2 aliphatic heterocycles. The first-order chi connectivity index (χ1) is 33.2. The molecule has 0 aromatic heterocycles. The van der Waals surface area contributed by atoms with E-state index in [1.54, 1.807) is 18.2 Å². The number of sulfone groups is 1. The Morgan fingerprint density at radius 2 is 1.49 bits per heavy atom. The molecule has 20 heteroatoms. The van der Waals surface area contributed by atoms with Crippen LogP contribution in [0.5, 0.6) is 0 Å². The van der Waals surface area contributed by atoms with Crippen LogP contribution >= 0.6 is 23.4 Å². The summed E-state index contributed by atoms with van der Waals surface area (Å²) in [6, 6.07) is 32.7. The van der Waals surface area contributed by atoms with Gasteiger partial charge in [0.15, 0.2) is 0 Å². The molecule has 3 atom stereocenters. The minimum absolute atomic E-state index is 0.0124. The zero-order chi connectivity index (χ0) is 50.3. The van der Waals surface area contributed by atoms with Crippen LogP contribution in [0.15, 0.2) is 136 Å². The number of alkyl halides is 3. The summed E-state index contributed by atoms with van der Waals surface area (Å²) < 4.78 is 121. The molecule has 2 aliphatic rings. The van der Waals surface area contributed by atoms with Gasteiger partial charge in [0.25, 0.3) is 25.8 Å². The minimum atomic E-state index is -6.11. The Kier molecular flexibility index (Phi) is 17.5. The molecule has 1 amide bonds. The van der Waals surface area contributed by atoms with Crippen molar-refractivity contribution in [1.82, 2.24) is 14.3 Å². The number of amides is 1. The van der Waals surface area contributed by atoms with Crippen LogP contribution in [0.3, 0.4) is 0 Å². The van der Waals surface area contributed by atoms with E-state index in [0.717, 1.165) is 33.7 Å². The van der Waals surface area contributed by atoms with Crippen molar-refractivity contribution in [2.75, 3.05) is 61.9 Å². The number of benzene rings is 5. The number of hydrogen-bond acceptors (Lipinski definition) is 11. The zero-order valence-electron chi connectivity index (χ0n) is 39.0. The van der Waals surface area contributed by atoms with Crippen molar-refractivity contribution in [3.8, 4) is 11.1 Å². The van der Waals surface area contributed by atoms with Crippen molar-refractivity contribution in [2.24, 2.45) is 5.92 Å². The van der Waals surface area contributed by atoms with Crippen molar-refractivity contribution >= 4 is 71.5 Å². The predicted octanol–water partition coefficient (Wildman–Crippen LogP) is 9.72.